The third-order valence-corrected chi connectivity index (χ3v) is 2.69. The highest BCUT2D eigenvalue weighted by atomic mass is 19.4. The predicted molar refractivity (Wildman–Crippen MR) is 53.4 cm³/mol. The van der Waals surface area contributed by atoms with E-state index in [1.807, 2.05) is 0 Å². The molecule has 1 atom stereocenters. The zero-order valence-corrected chi connectivity index (χ0v) is 8.85. The SMILES string of the molecule is FC(F)(F)Oc1cccc([C@@]2(F)CCNC2)c1. The summed E-state index contributed by atoms with van der Waals surface area (Å²) in [6.45, 7) is 0.628. The van der Waals surface area contributed by atoms with Crippen LogP contribution >= 0.6 is 0 Å². The summed E-state index contributed by atoms with van der Waals surface area (Å²) in [4.78, 5) is 0. The van der Waals surface area contributed by atoms with Gasteiger partial charge in [-0.05, 0) is 30.7 Å². The number of hydrogen-bond acceptors (Lipinski definition) is 2. The number of rotatable bonds is 2. The lowest BCUT2D eigenvalue weighted by Gasteiger charge is -2.19. The van der Waals surface area contributed by atoms with Crippen LogP contribution in [0, 0.1) is 0 Å². The Morgan fingerprint density at radius 2 is 2.06 bits per heavy atom. The van der Waals surface area contributed by atoms with Crippen LogP contribution in [0.3, 0.4) is 0 Å². The second-order valence-corrected chi connectivity index (χ2v) is 3.97. The minimum atomic E-state index is -4.75. The lowest BCUT2D eigenvalue weighted by molar-refractivity contribution is -0.274. The van der Waals surface area contributed by atoms with Gasteiger partial charge in [-0.2, -0.15) is 0 Å². The summed E-state index contributed by atoms with van der Waals surface area (Å²) in [5, 5.41) is 2.84. The zero-order chi connectivity index (χ0) is 12.5. The highest BCUT2D eigenvalue weighted by molar-refractivity contribution is 5.33. The molecule has 0 radical (unpaired) electrons. The van der Waals surface area contributed by atoms with Crippen molar-refractivity contribution in [2.24, 2.45) is 0 Å². The fourth-order valence-corrected chi connectivity index (χ4v) is 1.88. The van der Waals surface area contributed by atoms with Crippen molar-refractivity contribution in [3.05, 3.63) is 29.8 Å². The van der Waals surface area contributed by atoms with Gasteiger partial charge in [0, 0.05) is 6.54 Å². The van der Waals surface area contributed by atoms with Crippen molar-refractivity contribution in [2.75, 3.05) is 13.1 Å². The van der Waals surface area contributed by atoms with Crippen molar-refractivity contribution in [3.63, 3.8) is 0 Å². The number of benzene rings is 1. The van der Waals surface area contributed by atoms with Crippen LogP contribution in [0.2, 0.25) is 0 Å². The smallest absolute Gasteiger partial charge is 0.406 e. The maximum absolute atomic E-state index is 14.3. The Kier molecular flexibility index (Phi) is 2.99. The summed E-state index contributed by atoms with van der Waals surface area (Å²) < 4.78 is 54.1. The standard InChI is InChI=1S/C11H11F4NO/c12-10(4-5-16-7-10)8-2-1-3-9(6-8)17-11(13,14)15/h1-3,6,16H,4-5,7H2/t10-/m1/s1. The molecule has 0 saturated carbocycles. The molecule has 1 saturated heterocycles. The zero-order valence-electron chi connectivity index (χ0n) is 8.85. The van der Waals surface area contributed by atoms with Gasteiger partial charge in [0.1, 0.15) is 11.4 Å². The molecule has 0 bridgehead atoms. The molecule has 0 aromatic heterocycles. The molecule has 0 aliphatic carbocycles. The van der Waals surface area contributed by atoms with Gasteiger partial charge in [0.05, 0.1) is 0 Å². The third kappa shape index (κ3) is 2.88. The van der Waals surface area contributed by atoms with Gasteiger partial charge in [-0.25, -0.2) is 4.39 Å². The van der Waals surface area contributed by atoms with E-state index >= 15 is 0 Å². The summed E-state index contributed by atoms with van der Waals surface area (Å²) >= 11 is 0. The molecule has 0 amide bonds. The minimum absolute atomic E-state index is 0.114. The van der Waals surface area contributed by atoms with Crippen molar-refractivity contribution in [3.8, 4) is 5.75 Å². The molecule has 2 nitrogen and oxygen atoms in total. The molecule has 17 heavy (non-hydrogen) atoms. The Morgan fingerprint density at radius 1 is 1.29 bits per heavy atom. The highest BCUT2D eigenvalue weighted by Gasteiger charge is 2.36. The molecule has 1 N–H and O–H groups in total. The van der Waals surface area contributed by atoms with E-state index in [4.69, 9.17) is 0 Å². The molecular formula is C11H11F4NO. The molecule has 0 unspecified atom stereocenters. The van der Waals surface area contributed by atoms with Crippen LogP contribution in [-0.2, 0) is 5.67 Å². The van der Waals surface area contributed by atoms with Gasteiger partial charge in [0.15, 0.2) is 0 Å². The summed E-state index contributed by atoms with van der Waals surface area (Å²) in [6.07, 6.45) is -4.50. The first-order valence-corrected chi connectivity index (χ1v) is 5.15. The van der Waals surface area contributed by atoms with Gasteiger partial charge < -0.3 is 10.1 Å². The van der Waals surface area contributed by atoms with Crippen molar-refractivity contribution in [1.29, 1.82) is 0 Å². The Hall–Kier alpha value is -1.30. The second kappa shape index (κ2) is 4.18. The Balaban J connectivity index is 2.22. The maximum Gasteiger partial charge on any atom is 0.573 e. The van der Waals surface area contributed by atoms with Crippen LogP contribution in [0.25, 0.3) is 0 Å². The average Bonchev–Trinajstić information content (AvgIpc) is 2.64. The van der Waals surface area contributed by atoms with Gasteiger partial charge in [-0.1, -0.05) is 12.1 Å². The van der Waals surface area contributed by atoms with Crippen LogP contribution < -0.4 is 10.1 Å². The van der Waals surface area contributed by atoms with Crippen LogP contribution in [0.4, 0.5) is 17.6 Å². The van der Waals surface area contributed by atoms with E-state index in [1.165, 1.54) is 12.1 Å². The van der Waals surface area contributed by atoms with E-state index in [1.54, 1.807) is 0 Å². The Bertz CT molecular complexity index is 399. The van der Waals surface area contributed by atoms with Crippen molar-refractivity contribution in [1.82, 2.24) is 5.32 Å². The molecule has 2 rings (SSSR count). The van der Waals surface area contributed by atoms with Gasteiger partial charge in [-0.3, -0.25) is 0 Å². The molecule has 1 aliphatic rings. The van der Waals surface area contributed by atoms with E-state index in [2.05, 4.69) is 10.1 Å². The fourth-order valence-electron chi connectivity index (χ4n) is 1.88. The van der Waals surface area contributed by atoms with Crippen LogP contribution in [0.5, 0.6) is 5.75 Å². The molecule has 94 valence electrons. The van der Waals surface area contributed by atoms with Crippen molar-refractivity contribution >= 4 is 0 Å². The van der Waals surface area contributed by atoms with Crippen molar-refractivity contribution in [2.45, 2.75) is 18.5 Å². The summed E-state index contributed by atoms with van der Waals surface area (Å²) in [5.41, 5.74) is -1.39. The topological polar surface area (TPSA) is 21.3 Å². The number of hydrogen-bond donors (Lipinski definition) is 1. The number of halogens is 4. The number of ether oxygens (including phenoxy) is 1. The first-order chi connectivity index (χ1) is 7.89. The molecule has 1 heterocycles. The average molecular weight is 249 g/mol. The Labute approximate surface area is 95.6 Å². The summed E-state index contributed by atoms with van der Waals surface area (Å²) in [5.74, 6) is -0.390. The normalized spacial score (nSPS) is 24.9. The summed E-state index contributed by atoms with van der Waals surface area (Å²) in [7, 11) is 0. The fraction of sp³-hybridized carbons (Fsp3) is 0.455. The van der Waals surface area contributed by atoms with Crippen LogP contribution in [0.1, 0.15) is 12.0 Å². The third-order valence-electron chi connectivity index (χ3n) is 2.69. The lowest BCUT2D eigenvalue weighted by atomic mass is 9.95. The first-order valence-electron chi connectivity index (χ1n) is 5.15. The van der Waals surface area contributed by atoms with Crippen LogP contribution in [0.15, 0.2) is 24.3 Å². The van der Waals surface area contributed by atoms with Gasteiger partial charge >= 0.3 is 6.36 Å². The first kappa shape index (κ1) is 12.2. The largest absolute Gasteiger partial charge is 0.573 e. The Morgan fingerprint density at radius 3 is 2.65 bits per heavy atom. The molecule has 1 fully saturated rings. The molecular weight excluding hydrogens is 238 g/mol. The van der Waals surface area contributed by atoms with Gasteiger partial charge in [0.25, 0.3) is 0 Å². The number of nitrogens with one attached hydrogen (secondary N) is 1. The van der Waals surface area contributed by atoms with Gasteiger partial charge in [0.2, 0.25) is 0 Å². The number of alkyl halides is 4. The molecule has 1 aromatic carbocycles. The molecule has 1 aromatic rings. The monoisotopic (exact) mass is 249 g/mol. The van der Waals surface area contributed by atoms with E-state index < -0.39 is 12.0 Å². The van der Waals surface area contributed by atoms with E-state index in [0.29, 0.717) is 6.54 Å². The maximum atomic E-state index is 14.3. The highest BCUT2D eigenvalue weighted by Crippen LogP contribution is 2.34. The molecule has 0 spiro atoms. The predicted octanol–water partition coefficient (Wildman–Crippen LogP) is 2.74. The van der Waals surface area contributed by atoms with E-state index in [-0.39, 0.29) is 24.3 Å². The lowest BCUT2D eigenvalue weighted by Crippen LogP contribution is -2.23. The minimum Gasteiger partial charge on any atom is -0.406 e. The van der Waals surface area contributed by atoms with Gasteiger partial charge in [-0.15, -0.1) is 13.2 Å². The van der Waals surface area contributed by atoms with Crippen molar-refractivity contribution < 1.29 is 22.3 Å². The van der Waals surface area contributed by atoms with E-state index in [9.17, 15) is 17.6 Å². The molecule has 6 heteroatoms. The quantitative estimate of drug-likeness (QED) is 0.814. The van der Waals surface area contributed by atoms with E-state index in [0.717, 1.165) is 12.1 Å². The summed E-state index contributed by atoms with van der Waals surface area (Å²) in [6, 6.07) is 5.08. The van der Waals surface area contributed by atoms with Crippen LogP contribution in [-0.4, -0.2) is 19.5 Å². The molecule has 1 aliphatic heterocycles. The second-order valence-electron chi connectivity index (χ2n) is 3.97.